The molecule has 2 aromatic rings. The third-order valence-corrected chi connectivity index (χ3v) is 13.0. The van der Waals surface area contributed by atoms with Gasteiger partial charge in [-0.2, -0.15) is 17.5 Å². The molecule has 1 fully saturated rings. The number of fused-ring (bicyclic) bond motifs is 4. The van der Waals surface area contributed by atoms with Crippen LogP contribution in [0, 0.1) is 18.8 Å². The Morgan fingerprint density at radius 1 is 1.16 bits per heavy atom. The quantitative estimate of drug-likeness (QED) is 0.287. The number of hydrogen-bond acceptors (Lipinski definition) is 6. The van der Waals surface area contributed by atoms with Gasteiger partial charge in [0.1, 0.15) is 11.5 Å². The minimum atomic E-state index is -4.38. The highest BCUT2D eigenvalue weighted by atomic mass is 32.2. The van der Waals surface area contributed by atoms with Gasteiger partial charge in [-0.15, -0.1) is 0 Å². The number of alkyl halides is 3. The van der Waals surface area contributed by atoms with E-state index in [1.807, 2.05) is 6.08 Å². The van der Waals surface area contributed by atoms with E-state index in [-0.39, 0.29) is 35.7 Å². The number of carbonyl (C=O) groups is 2. The van der Waals surface area contributed by atoms with Gasteiger partial charge < -0.3 is 14.4 Å². The number of halogens is 3. The van der Waals surface area contributed by atoms with Crippen molar-refractivity contribution in [3.63, 3.8) is 0 Å². The highest BCUT2D eigenvalue weighted by Gasteiger charge is 2.44. The molecule has 2 aliphatic heterocycles. The number of hydrogen-bond donors (Lipinski definition) is 0. The molecule has 0 N–H and O–H groups in total. The van der Waals surface area contributed by atoms with Crippen molar-refractivity contribution in [2.75, 3.05) is 43.2 Å². The maximum atomic E-state index is 14.1. The van der Waals surface area contributed by atoms with Crippen molar-refractivity contribution in [3.8, 4) is 5.75 Å². The van der Waals surface area contributed by atoms with Crippen molar-refractivity contribution in [1.29, 1.82) is 0 Å². The fourth-order valence-corrected chi connectivity index (χ4v) is 10.1. The van der Waals surface area contributed by atoms with Crippen LogP contribution in [-0.2, 0) is 31.1 Å². The molecule has 0 saturated heterocycles. The third-order valence-electron chi connectivity index (χ3n) is 10.8. The van der Waals surface area contributed by atoms with Crippen LogP contribution in [0.4, 0.5) is 18.9 Å². The number of aryl methyl sites for hydroxylation is 2. The van der Waals surface area contributed by atoms with Crippen molar-refractivity contribution in [2.45, 2.75) is 88.8 Å². The van der Waals surface area contributed by atoms with Crippen LogP contribution in [0.15, 0.2) is 52.9 Å². The largest absolute Gasteiger partial charge is 0.490 e. The zero-order chi connectivity index (χ0) is 34.8. The van der Waals surface area contributed by atoms with Gasteiger partial charge in [0.05, 0.1) is 33.9 Å². The van der Waals surface area contributed by atoms with Gasteiger partial charge in [0.25, 0.3) is 5.91 Å². The summed E-state index contributed by atoms with van der Waals surface area (Å²) < 4.78 is 68.9. The summed E-state index contributed by atoms with van der Waals surface area (Å²) >= 11 is 0. The second kappa shape index (κ2) is 14.6. The highest BCUT2D eigenvalue weighted by Crippen LogP contribution is 2.47. The maximum Gasteiger partial charge on any atom is 0.389 e. The number of nitrogens with zero attached hydrogens (tertiary/aromatic N) is 2. The van der Waals surface area contributed by atoms with E-state index in [4.69, 9.17) is 9.47 Å². The maximum absolute atomic E-state index is 14.1. The first-order chi connectivity index (χ1) is 23.4. The van der Waals surface area contributed by atoms with E-state index >= 15 is 0 Å². The molecule has 6 rings (SSSR count). The molecule has 0 aromatic heterocycles. The Morgan fingerprint density at radius 3 is 2.76 bits per heavy atom. The first kappa shape index (κ1) is 35.6. The molecule has 11 heteroatoms. The molecule has 0 radical (unpaired) electrons. The average molecular weight is 701 g/mol. The second-order valence-corrected chi connectivity index (χ2v) is 16.9. The average Bonchev–Trinajstić information content (AvgIpc) is 3.17. The van der Waals surface area contributed by atoms with Gasteiger partial charge in [0.2, 0.25) is 0 Å². The number of Topliss-reactive ketones (excluding diaryl/α,β-unsaturated/α-hetero) is 1. The molecule has 2 heterocycles. The van der Waals surface area contributed by atoms with Gasteiger partial charge in [0.15, 0.2) is 0 Å². The molecule has 2 aromatic carbocycles. The zero-order valence-electron chi connectivity index (χ0n) is 28.4. The van der Waals surface area contributed by atoms with Gasteiger partial charge in [-0.25, -0.2) is 4.21 Å². The van der Waals surface area contributed by atoms with E-state index < -0.39 is 39.8 Å². The minimum absolute atomic E-state index is 0.0145. The van der Waals surface area contributed by atoms with E-state index in [0.717, 1.165) is 44.3 Å². The van der Waals surface area contributed by atoms with Gasteiger partial charge in [-0.05, 0) is 99.5 Å². The van der Waals surface area contributed by atoms with Crippen molar-refractivity contribution in [3.05, 3.63) is 70.8 Å². The van der Waals surface area contributed by atoms with Crippen LogP contribution in [0.3, 0.4) is 0 Å². The lowest BCUT2D eigenvalue weighted by Crippen LogP contribution is -2.49. The fraction of sp³-hybridized carbons (Fsp3) is 0.579. The number of amides is 1. The van der Waals surface area contributed by atoms with E-state index in [2.05, 4.69) is 40.5 Å². The van der Waals surface area contributed by atoms with Crippen LogP contribution < -0.4 is 9.64 Å². The Hall–Kier alpha value is -3.18. The Morgan fingerprint density at radius 2 is 2.00 bits per heavy atom. The monoisotopic (exact) mass is 700 g/mol. The van der Waals surface area contributed by atoms with Crippen LogP contribution in [0.1, 0.15) is 84.8 Å². The number of ether oxygens (including phenoxy) is 2. The molecule has 2 bridgehead atoms. The van der Waals surface area contributed by atoms with Crippen LogP contribution in [0.25, 0.3) is 0 Å². The number of benzene rings is 2. The SMILES string of the molecule is CO[C@H]1/C=C/CCC[S@@](=O)(CC(=O)CCCC(F)(F)F)=NC(=O)c2ccc3c(c2)N(C[C@@H]2CC[C@H]21)C[C@@]1(CCCc2cc(C)ccc21)CO3. The van der Waals surface area contributed by atoms with E-state index in [0.29, 0.717) is 43.6 Å². The summed E-state index contributed by atoms with van der Waals surface area (Å²) in [7, 11) is -1.65. The summed E-state index contributed by atoms with van der Waals surface area (Å²) in [5.41, 5.74) is 4.70. The smallest absolute Gasteiger partial charge is 0.389 e. The summed E-state index contributed by atoms with van der Waals surface area (Å²) in [6.45, 7) is 4.10. The number of rotatable bonds is 6. The van der Waals surface area contributed by atoms with Crippen molar-refractivity contribution < 1.29 is 36.4 Å². The molecule has 1 amide bonds. The standard InChI is InChI=1S/C38H47F3N2O5S/c1-26-11-15-32-27(20-26)8-6-17-37(32)24-43-22-29-12-14-31(29)34(47-2)10-4-3-5-19-49(46,23-30(44)9-7-18-38(39,40)41)42-36(45)28-13-16-35(48-25-37)33(43)21-28/h4,10-11,13,15-16,20-21,29,31,34H,3,5-9,12,14,17-19,22-25H2,1-2H3/b10-4+/t29-,31+,34-,37-,49+/m0/s1. The highest BCUT2D eigenvalue weighted by molar-refractivity contribution is 7.94. The summed E-state index contributed by atoms with van der Waals surface area (Å²) in [6, 6.07) is 11.9. The topological polar surface area (TPSA) is 85.3 Å². The van der Waals surface area contributed by atoms with Crippen LogP contribution in [-0.4, -0.2) is 66.5 Å². The molecule has 7 nitrogen and oxygen atoms in total. The predicted molar refractivity (Wildman–Crippen MR) is 185 cm³/mol. The zero-order valence-corrected chi connectivity index (χ0v) is 29.3. The predicted octanol–water partition coefficient (Wildman–Crippen LogP) is 7.77. The lowest BCUT2D eigenvalue weighted by atomic mass is 9.68. The Bertz CT molecular complexity index is 1720. The van der Waals surface area contributed by atoms with Gasteiger partial charge in [-0.1, -0.05) is 35.9 Å². The molecule has 1 saturated carbocycles. The van der Waals surface area contributed by atoms with Crippen molar-refractivity contribution >= 4 is 27.1 Å². The van der Waals surface area contributed by atoms with Crippen LogP contribution >= 0.6 is 0 Å². The molecule has 4 aliphatic rings. The summed E-state index contributed by atoms with van der Waals surface area (Å²) in [4.78, 5) is 28.9. The number of anilines is 1. The molecule has 0 unspecified atom stereocenters. The summed E-state index contributed by atoms with van der Waals surface area (Å²) in [5.74, 6) is -0.479. The molecule has 266 valence electrons. The lowest BCUT2D eigenvalue weighted by Gasteiger charge is -2.46. The molecule has 2 aliphatic carbocycles. The lowest BCUT2D eigenvalue weighted by molar-refractivity contribution is -0.136. The number of methoxy groups -OCH3 is 1. The van der Waals surface area contributed by atoms with Crippen molar-refractivity contribution in [2.24, 2.45) is 16.2 Å². The number of ketones is 1. The third kappa shape index (κ3) is 8.25. The Kier molecular flexibility index (Phi) is 10.6. The summed E-state index contributed by atoms with van der Waals surface area (Å²) in [6.07, 6.45) is 3.88. The first-order valence-corrected chi connectivity index (χ1v) is 19.4. The van der Waals surface area contributed by atoms with Crippen molar-refractivity contribution in [1.82, 2.24) is 0 Å². The van der Waals surface area contributed by atoms with E-state index in [1.54, 1.807) is 25.3 Å². The normalized spacial score (nSPS) is 29.4. The molecule has 49 heavy (non-hydrogen) atoms. The molecular formula is C38H47F3N2O5S. The van der Waals surface area contributed by atoms with Crippen LogP contribution in [0.2, 0.25) is 0 Å². The second-order valence-electron chi connectivity index (χ2n) is 14.4. The van der Waals surface area contributed by atoms with E-state index in [1.165, 1.54) is 16.7 Å². The number of carbonyl (C=O) groups excluding carboxylic acids is 2. The molecule has 1 spiro atoms. The molecular weight excluding hydrogens is 653 g/mol. The Balaban J connectivity index is 1.37. The van der Waals surface area contributed by atoms with Gasteiger partial charge in [-0.3, -0.25) is 9.59 Å². The Labute approximate surface area is 287 Å². The van der Waals surface area contributed by atoms with Crippen LogP contribution in [0.5, 0.6) is 5.75 Å². The number of allylic oxidation sites excluding steroid dienone is 1. The minimum Gasteiger partial charge on any atom is -0.490 e. The van der Waals surface area contributed by atoms with Gasteiger partial charge >= 0.3 is 6.18 Å². The van der Waals surface area contributed by atoms with E-state index in [9.17, 15) is 27.0 Å². The fourth-order valence-electron chi connectivity index (χ4n) is 8.16. The van der Waals surface area contributed by atoms with Gasteiger partial charge in [0, 0.05) is 49.8 Å². The summed E-state index contributed by atoms with van der Waals surface area (Å²) in [5, 5.41) is 0. The first-order valence-electron chi connectivity index (χ1n) is 17.5. The molecule has 5 atom stereocenters.